The quantitative estimate of drug-likeness (QED) is 0.251. The summed E-state index contributed by atoms with van der Waals surface area (Å²) < 4.78 is 13.0. The van der Waals surface area contributed by atoms with Gasteiger partial charge in [-0.2, -0.15) is 0 Å². The molecule has 140 valence electrons. The summed E-state index contributed by atoms with van der Waals surface area (Å²) in [6.45, 7) is 0. The van der Waals surface area contributed by atoms with Gasteiger partial charge in [0.25, 0.3) is 0 Å². The SMILES string of the molecule is CO[c-]1cccc1.CO[c-]1cccc1.[Fe+2].[Fe+2].c1cc[c-]([Hg][c-]2cccc2)c1. The molecular formula is C22H22Fe2HgO2. The Morgan fingerprint density at radius 2 is 0.741 bits per heavy atom. The zero-order valence-corrected chi connectivity index (χ0v) is 23.2. The third kappa shape index (κ3) is 10.8. The molecule has 0 aromatic heterocycles. The predicted octanol–water partition coefficient (Wildman–Crippen LogP) is 3.98. The van der Waals surface area contributed by atoms with Gasteiger partial charge in [-0.1, -0.05) is 0 Å². The van der Waals surface area contributed by atoms with Crippen LogP contribution in [0.1, 0.15) is 0 Å². The van der Waals surface area contributed by atoms with E-state index in [1.807, 2.05) is 48.5 Å². The minimum absolute atomic E-state index is 0. The summed E-state index contributed by atoms with van der Waals surface area (Å²) in [5.41, 5.74) is 0. The van der Waals surface area contributed by atoms with Gasteiger partial charge in [-0.3, -0.25) is 0 Å². The van der Waals surface area contributed by atoms with Crippen LogP contribution in [0.15, 0.2) is 97.1 Å². The Hall–Kier alpha value is -1.03. The molecule has 0 amide bonds. The van der Waals surface area contributed by atoms with Crippen LogP contribution in [0.3, 0.4) is 0 Å². The molecule has 0 aliphatic rings. The van der Waals surface area contributed by atoms with Crippen LogP contribution in [0, 0.1) is 0 Å². The molecule has 0 radical (unpaired) electrons. The normalized spacial score (nSPS) is 8.37. The minimum atomic E-state index is -0.881. The molecule has 0 spiro atoms. The molecule has 0 aliphatic carbocycles. The Bertz CT molecular complexity index is 677. The summed E-state index contributed by atoms with van der Waals surface area (Å²) in [6, 6.07) is 33.0. The van der Waals surface area contributed by atoms with Gasteiger partial charge in [0.05, 0.1) is 14.2 Å². The zero-order valence-electron chi connectivity index (χ0n) is 15.5. The molecule has 5 heteroatoms. The summed E-state index contributed by atoms with van der Waals surface area (Å²) in [7, 11) is 3.32. The van der Waals surface area contributed by atoms with Crippen molar-refractivity contribution in [3.8, 4) is 11.5 Å². The maximum atomic E-state index is 4.85. The molecular weight excluding hydrogens is 609 g/mol. The molecule has 0 atom stereocenters. The summed E-state index contributed by atoms with van der Waals surface area (Å²) in [4.78, 5) is 0. The topological polar surface area (TPSA) is 18.5 Å². The summed E-state index contributed by atoms with van der Waals surface area (Å²) in [5.74, 6) is 1.86. The molecule has 0 fully saturated rings. The van der Waals surface area contributed by atoms with Gasteiger partial charge in [0.15, 0.2) is 0 Å². The zero-order chi connectivity index (χ0) is 17.7. The third-order valence-corrected chi connectivity index (χ3v) is 10.4. The molecule has 2 nitrogen and oxygen atoms in total. The van der Waals surface area contributed by atoms with Crippen LogP contribution in [0.25, 0.3) is 0 Å². The Labute approximate surface area is 195 Å². The van der Waals surface area contributed by atoms with Gasteiger partial charge < -0.3 is 9.47 Å². The predicted molar refractivity (Wildman–Crippen MR) is 101 cm³/mol. The van der Waals surface area contributed by atoms with Gasteiger partial charge in [-0.05, 0) is 0 Å². The van der Waals surface area contributed by atoms with Crippen LogP contribution in [0.5, 0.6) is 11.5 Å². The van der Waals surface area contributed by atoms with Crippen molar-refractivity contribution in [2.45, 2.75) is 0 Å². The second-order valence-corrected chi connectivity index (χ2v) is 13.1. The van der Waals surface area contributed by atoms with Crippen LogP contribution in [-0.2, 0) is 58.7 Å². The van der Waals surface area contributed by atoms with Gasteiger partial charge in [0, 0.05) is 11.5 Å². The molecule has 0 bridgehead atoms. The number of methoxy groups -OCH3 is 2. The van der Waals surface area contributed by atoms with Crippen molar-refractivity contribution < 1.29 is 68.2 Å². The van der Waals surface area contributed by atoms with Gasteiger partial charge in [-0.25, -0.2) is 24.3 Å². The van der Waals surface area contributed by atoms with E-state index < -0.39 is 24.6 Å². The number of rotatable bonds is 4. The molecule has 4 rings (SSSR count). The van der Waals surface area contributed by atoms with Gasteiger partial charge in [0.1, 0.15) is 0 Å². The first-order valence-electron chi connectivity index (χ1n) is 8.24. The molecule has 27 heavy (non-hydrogen) atoms. The van der Waals surface area contributed by atoms with Crippen LogP contribution in [0.4, 0.5) is 0 Å². The second kappa shape index (κ2) is 16.0. The number of hydrogen-bond donors (Lipinski definition) is 0. The van der Waals surface area contributed by atoms with Crippen molar-refractivity contribution in [3.05, 3.63) is 97.1 Å². The van der Waals surface area contributed by atoms with E-state index in [2.05, 4.69) is 48.5 Å². The van der Waals surface area contributed by atoms with Crippen molar-refractivity contribution in [3.63, 3.8) is 0 Å². The van der Waals surface area contributed by atoms with Crippen LogP contribution in [-0.4, -0.2) is 14.2 Å². The van der Waals surface area contributed by atoms with Crippen molar-refractivity contribution >= 4 is 6.14 Å². The van der Waals surface area contributed by atoms with Crippen LogP contribution < -0.4 is 15.6 Å². The monoisotopic (exact) mass is 632 g/mol. The van der Waals surface area contributed by atoms with Crippen molar-refractivity contribution in [2.75, 3.05) is 14.2 Å². The van der Waals surface area contributed by atoms with Crippen LogP contribution in [0.2, 0.25) is 0 Å². The number of hydrogen-bond acceptors (Lipinski definition) is 2. The standard InChI is InChI=1S/2C6H7O.2C5H4.2Fe.Hg/c2*1-7-6-4-2-3-5-6;2*1-2-4-5-3-1;;;/h2*2-5H,1H3;2*1-4H;;;/q4*-1;2*+2;. The molecule has 0 unspecified atom stereocenters. The van der Waals surface area contributed by atoms with Crippen LogP contribution >= 0.6 is 0 Å². The first-order chi connectivity index (χ1) is 12.3. The van der Waals surface area contributed by atoms with E-state index in [4.69, 9.17) is 9.47 Å². The Kier molecular flexibility index (Phi) is 15.4. The Balaban J connectivity index is 0.000000377. The Morgan fingerprint density at radius 3 is 0.963 bits per heavy atom. The molecule has 4 aromatic rings. The fourth-order valence-electron chi connectivity index (χ4n) is 2.28. The van der Waals surface area contributed by atoms with Crippen molar-refractivity contribution in [1.82, 2.24) is 0 Å². The maximum absolute atomic E-state index is 4.85. The van der Waals surface area contributed by atoms with Crippen molar-refractivity contribution in [2.24, 2.45) is 0 Å². The van der Waals surface area contributed by atoms with E-state index >= 15 is 0 Å². The summed E-state index contributed by atoms with van der Waals surface area (Å²) in [6.07, 6.45) is 0. The average Bonchev–Trinajstić information content (AvgIpc) is 3.45. The first kappa shape index (κ1) is 26.0. The van der Waals surface area contributed by atoms with E-state index in [0.717, 1.165) is 11.5 Å². The molecule has 0 saturated carbocycles. The third-order valence-electron chi connectivity index (χ3n) is 3.61. The molecule has 0 aliphatic heterocycles. The second-order valence-electron chi connectivity index (χ2n) is 5.41. The van der Waals surface area contributed by atoms with Gasteiger partial charge in [0.2, 0.25) is 0 Å². The van der Waals surface area contributed by atoms with E-state index in [1.165, 1.54) is 0 Å². The Morgan fingerprint density at radius 1 is 0.481 bits per heavy atom. The van der Waals surface area contributed by atoms with Gasteiger partial charge >= 0.3 is 113 Å². The van der Waals surface area contributed by atoms with E-state index in [-0.39, 0.29) is 34.1 Å². The number of ether oxygens (including phenoxy) is 2. The summed E-state index contributed by atoms with van der Waals surface area (Å²) >= 11 is -0.881. The summed E-state index contributed by atoms with van der Waals surface area (Å²) in [5, 5.41) is 0. The van der Waals surface area contributed by atoms with Gasteiger partial charge in [-0.15, -0.1) is 24.3 Å². The fraction of sp³-hybridized carbons (Fsp3) is 0.0909. The molecule has 4 aromatic carbocycles. The average molecular weight is 631 g/mol. The first-order valence-corrected chi connectivity index (χ1v) is 13.7. The fourth-order valence-corrected chi connectivity index (χ4v) is 8.07. The molecule has 0 heterocycles. The molecule has 0 N–H and O–H groups in total. The van der Waals surface area contributed by atoms with E-state index in [9.17, 15) is 0 Å². The molecule has 0 saturated heterocycles. The van der Waals surface area contributed by atoms with E-state index in [0.29, 0.717) is 0 Å². The van der Waals surface area contributed by atoms with E-state index in [1.54, 1.807) is 20.4 Å². The van der Waals surface area contributed by atoms with Crippen molar-refractivity contribution in [1.29, 1.82) is 0 Å².